The van der Waals surface area contributed by atoms with E-state index in [-0.39, 0.29) is 0 Å². The quantitative estimate of drug-likeness (QED) is 0.782. The fourth-order valence-corrected chi connectivity index (χ4v) is 2.15. The topological polar surface area (TPSA) is 92.7 Å². The van der Waals surface area contributed by atoms with E-state index >= 15 is 0 Å². The van der Waals surface area contributed by atoms with Gasteiger partial charge in [0.1, 0.15) is 0 Å². The lowest BCUT2D eigenvalue weighted by Crippen LogP contribution is -2.22. The molecule has 0 saturated heterocycles. The summed E-state index contributed by atoms with van der Waals surface area (Å²) in [5.41, 5.74) is 1.11. The normalized spacial score (nSPS) is 11.1. The van der Waals surface area contributed by atoms with Crippen molar-refractivity contribution in [1.29, 1.82) is 0 Å². The first-order valence-electron chi connectivity index (χ1n) is 4.73. The van der Waals surface area contributed by atoms with Crippen molar-refractivity contribution in [3.05, 3.63) is 29.8 Å². The van der Waals surface area contributed by atoms with Gasteiger partial charge in [-0.2, -0.15) is 0 Å². The Bertz CT molecular complexity index is 497. The first-order valence-corrected chi connectivity index (χ1v) is 6.38. The summed E-state index contributed by atoms with van der Waals surface area (Å²) >= 11 is 0. The monoisotopic (exact) mass is 259 g/mol. The van der Waals surface area contributed by atoms with Crippen molar-refractivity contribution < 1.29 is 23.1 Å². The molecule has 0 unspecified atom stereocenters. The zero-order chi connectivity index (χ0) is 12.9. The predicted octanol–water partition coefficient (Wildman–Crippen LogP) is 0.659. The molecule has 0 saturated carbocycles. The SMILES string of the molecule is COCc1cccc(NS(=O)(=O)CC(=O)O)c1. The Morgan fingerprint density at radius 3 is 2.76 bits per heavy atom. The van der Waals surface area contributed by atoms with E-state index in [0.717, 1.165) is 5.56 Å². The lowest BCUT2D eigenvalue weighted by atomic mass is 10.2. The summed E-state index contributed by atoms with van der Waals surface area (Å²) in [5, 5.41) is 8.43. The molecular formula is C10H13NO5S. The minimum Gasteiger partial charge on any atom is -0.480 e. The number of anilines is 1. The third kappa shape index (κ3) is 4.83. The molecule has 94 valence electrons. The fraction of sp³-hybridized carbons (Fsp3) is 0.300. The van der Waals surface area contributed by atoms with Gasteiger partial charge in [-0.1, -0.05) is 12.1 Å². The van der Waals surface area contributed by atoms with Gasteiger partial charge < -0.3 is 9.84 Å². The molecule has 0 spiro atoms. The molecule has 17 heavy (non-hydrogen) atoms. The molecule has 0 fully saturated rings. The molecule has 0 aliphatic heterocycles. The molecule has 0 radical (unpaired) electrons. The zero-order valence-corrected chi connectivity index (χ0v) is 10.0. The summed E-state index contributed by atoms with van der Waals surface area (Å²) in [7, 11) is -2.33. The summed E-state index contributed by atoms with van der Waals surface area (Å²) in [6, 6.07) is 6.56. The van der Waals surface area contributed by atoms with E-state index in [2.05, 4.69) is 4.72 Å². The van der Waals surface area contributed by atoms with Crippen molar-refractivity contribution in [3.8, 4) is 0 Å². The number of hydrogen-bond acceptors (Lipinski definition) is 4. The molecular weight excluding hydrogens is 246 g/mol. The van der Waals surface area contributed by atoms with Crippen molar-refractivity contribution in [2.75, 3.05) is 17.6 Å². The number of carboxylic acid groups (broad SMARTS) is 1. The molecule has 0 aliphatic carbocycles. The number of hydrogen-bond donors (Lipinski definition) is 2. The zero-order valence-electron chi connectivity index (χ0n) is 9.21. The van der Waals surface area contributed by atoms with Crippen LogP contribution in [0.2, 0.25) is 0 Å². The largest absolute Gasteiger partial charge is 0.480 e. The molecule has 0 aliphatic rings. The molecule has 0 amide bonds. The van der Waals surface area contributed by atoms with Crippen LogP contribution in [0.1, 0.15) is 5.56 Å². The second-order valence-electron chi connectivity index (χ2n) is 3.39. The van der Waals surface area contributed by atoms with Gasteiger partial charge in [0.05, 0.1) is 6.61 Å². The molecule has 7 heteroatoms. The van der Waals surface area contributed by atoms with Crippen molar-refractivity contribution in [3.63, 3.8) is 0 Å². The van der Waals surface area contributed by atoms with E-state index in [1.54, 1.807) is 24.3 Å². The van der Waals surface area contributed by atoms with Crippen LogP contribution in [0.25, 0.3) is 0 Å². The van der Waals surface area contributed by atoms with Crippen LogP contribution < -0.4 is 4.72 Å². The van der Waals surface area contributed by atoms with Crippen molar-refractivity contribution in [1.82, 2.24) is 0 Å². The smallest absolute Gasteiger partial charge is 0.320 e. The maximum atomic E-state index is 11.4. The van der Waals surface area contributed by atoms with Gasteiger partial charge >= 0.3 is 5.97 Å². The summed E-state index contributed by atoms with van der Waals surface area (Å²) in [6.07, 6.45) is 0. The number of rotatable bonds is 6. The minimum absolute atomic E-state index is 0.320. The lowest BCUT2D eigenvalue weighted by Gasteiger charge is -2.07. The Morgan fingerprint density at radius 2 is 2.18 bits per heavy atom. The highest BCUT2D eigenvalue weighted by molar-refractivity contribution is 7.93. The van der Waals surface area contributed by atoms with Gasteiger partial charge in [0, 0.05) is 12.8 Å². The van der Waals surface area contributed by atoms with Crippen LogP contribution >= 0.6 is 0 Å². The summed E-state index contributed by atoms with van der Waals surface area (Å²) in [5.74, 6) is -2.35. The van der Waals surface area contributed by atoms with Crippen LogP contribution in [-0.2, 0) is 26.2 Å². The van der Waals surface area contributed by atoms with Gasteiger partial charge in [-0.25, -0.2) is 8.42 Å². The van der Waals surface area contributed by atoms with E-state index in [9.17, 15) is 13.2 Å². The van der Waals surface area contributed by atoms with Crippen LogP contribution in [0.3, 0.4) is 0 Å². The Kier molecular flexibility index (Phi) is 4.47. The Labute approximate surface area is 99.3 Å². The number of nitrogens with one attached hydrogen (secondary N) is 1. The molecule has 2 N–H and O–H groups in total. The van der Waals surface area contributed by atoms with Crippen LogP contribution in [0.15, 0.2) is 24.3 Å². The van der Waals surface area contributed by atoms with E-state index < -0.39 is 21.7 Å². The highest BCUT2D eigenvalue weighted by atomic mass is 32.2. The summed E-state index contributed by atoms with van der Waals surface area (Å²) < 4.78 is 29.8. The maximum absolute atomic E-state index is 11.4. The number of carboxylic acids is 1. The summed E-state index contributed by atoms with van der Waals surface area (Å²) in [4.78, 5) is 10.3. The van der Waals surface area contributed by atoms with Gasteiger partial charge in [-0.05, 0) is 17.7 Å². The number of carbonyl (C=O) groups is 1. The average molecular weight is 259 g/mol. The Hall–Kier alpha value is -1.60. The Morgan fingerprint density at radius 1 is 1.47 bits per heavy atom. The highest BCUT2D eigenvalue weighted by Gasteiger charge is 2.15. The number of sulfonamides is 1. The molecule has 0 bridgehead atoms. The van der Waals surface area contributed by atoms with Crippen LogP contribution in [0.5, 0.6) is 0 Å². The van der Waals surface area contributed by atoms with Crippen molar-refractivity contribution >= 4 is 21.7 Å². The number of ether oxygens (including phenoxy) is 1. The third-order valence-corrected chi connectivity index (χ3v) is 3.00. The second kappa shape index (κ2) is 5.65. The van der Waals surface area contributed by atoms with Crippen molar-refractivity contribution in [2.45, 2.75) is 6.61 Å². The number of benzene rings is 1. The standard InChI is InChI=1S/C10H13NO5S/c1-16-6-8-3-2-4-9(5-8)11-17(14,15)7-10(12)13/h2-5,11H,6-7H2,1H3,(H,12,13). The minimum atomic E-state index is -3.86. The third-order valence-electron chi connectivity index (χ3n) is 1.82. The van der Waals surface area contributed by atoms with Gasteiger partial charge in [0.25, 0.3) is 0 Å². The maximum Gasteiger partial charge on any atom is 0.320 e. The number of methoxy groups -OCH3 is 1. The molecule has 0 heterocycles. The van der Waals surface area contributed by atoms with Gasteiger partial charge in [0.2, 0.25) is 10.0 Å². The first kappa shape index (κ1) is 13.5. The fourth-order valence-electron chi connectivity index (χ4n) is 1.27. The molecule has 0 atom stereocenters. The summed E-state index contributed by atoms with van der Waals surface area (Å²) in [6.45, 7) is 0.356. The molecule has 1 aromatic carbocycles. The van der Waals surface area contributed by atoms with E-state index in [1.165, 1.54) is 7.11 Å². The van der Waals surface area contributed by atoms with E-state index in [0.29, 0.717) is 12.3 Å². The van der Waals surface area contributed by atoms with Crippen LogP contribution in [0, 0.1) is 0 Å². The van der Waals surface area contributed by atoms with Crippen LogP contribution in [0.4, 0.5) is 5.69 Å². The first-order chi connectivity index (χ1) is 7.93. The lowest BCUT2D eigenvalue weighted by molar-refractivity contribution is -0.134. The van der Waals surface area contributed by atoms with Gasteiger partial charge in [0.15, 0.2) is 5.75 Å². The molecule has 1 rings (SSSR count). The van der Waals surface area contributed by atoms with Crippen molar-refractivity contribution in [2.24, 2.45) is 0 Å². The highest BCUT2D eigenvalue weighted by Crippen LogP contribution is 2.13. The van der Waals surface area contributed by atoms with Gasteiger partial charge in [-0.3, -0.25) is 9.52 Å². The predicted molar refractivity (Wildman–Crippen MR) is 62.2 cm³/mol. The van der Waals surface area contributed by atoms with Gasteiger partial charge in [-0.15, -0.1) is 0 Å². The Balaban J connectivity index is 2.81. The average Bonchev–Trinajstić information content (AvgIpc) is 2.15. The molecule has 1 aromatic rings. The molecule has 6 nitrogen and oxygen atoms in total. The van der Waals surface area contributed by atoms with E-state index in [4.69, 9.17) is 9.84 Å². The number of aliphatic carboxylic acids is 1. The van der Waals surface area contributed by atoms with Crippen LogP contribution in [-0.4, -0.2) is 32.4 Å². The molecule has 0 aromatic heterocycles. The second-order valence-corrected chi connectivity index (χ2v) is 5.11. The van der Waals surface area contributed by atoms with E-state index in [1.807, 2.05) is 0 Å².